The summed E-state index contributed by atoms with van der Waals surface area (Å²) in [6.45, 7) is 0. The first-order chi connectivity index (χ1) is 17.8. The summed E-state index contributed by atoms with van der Waals surface area (Å²) in [6.07, 6.45) is -1.10. The Morgan fingerprint density at radius 1 is 0.838 bits per heavy atom. The number of benzene rings is 3. The molecule has 6 rings (SSSR count). The molecule has 1 spiro atoms. The minimum absolute atomic E-state index is 0.159. The van der Waals surface area contributed by atoms with Crippen molar-refractivity contribution in [3.63, 3.8) is 0 Å². The van der Waals surface area contributed by atoms with Gasteiger partial charge in [0.15, 0.2) is 0 Å². The fraction of sp³-hybridized carbons (Fsp3) is 0.214. The minimum atomic E-state index is -2.18. The number of ketones is 2. The molecule has 0 saturated carbocycles. The highest BCUT2D eigenvalue weighted by Crippen LogP contribution is 2.58. The SMILES string of the molecule is COc1ccc(N2C(=O)[C@@H]3[C@@H](c4ccccc4Cl)OC4(C(=O)c5ccccc5C4=O)[C@H]3C2=O)c(OC)c1. The molecule has 9 heteroatoms. The van der Waals surface area contributed by atoms with Gasteiger partial charge in [-0.05, 0) is 18.2 Å². The monoisotopic (exact) mass is 517 g/mol. The molecule has 1 aliphatic carbocycles. The van der Waals surface area contributed by atoms with Crippen molar-refractivity contribution in [2.24, 2.45) is 11.8 Å². The van der Waals surface area contributed by atoms with Crippen LogP contribution < -0.4 is 14.4 Å². The lowest BCUT2D eigenvalue weighted by atomic mass is 9.77. The number of fused-ring (bicyclic) bond motifs is 3. The van der Waals surface area contributed by atoms with Crippen LogP contribution in [0.15, 0.2) is 66.7 Å². The lowest BCUT2D eigenvalue weighted by Gasteiger charge is -2.28. The van der Waals surface area contributed by atoms with Crippen LogP contribution in [0.5, 0.6) is 11.5 Å². The summed E-state index contributed by atoms with van der Waals surface area (Å²) >= 11 is 6.48. The van der Waals surface area contributed by atoms with Gasteiger partial charge in [-0.25, -0.2) is 4.90 Å². The van der Waals surface area contributed by atoms with Crippen molar-refractivity contribution in [1.29, 1.82) is 0 Å². The third-order valence-corrected chi connectivity index (χ3v) is 7.70. The number of halogens is 1. The van der Waals surface area contributed by atoms with Gasteiger partial charge in [-0.3, -0.25) is 19.2 Å². The molecular formula is C28H20ClNO7. The summed E-state index contributed by atoms with van der Waals surface area (Å²) in [4.78, 5) is 56.7. The van der Waals surface area contributed by atoms with E-state index in [4.69, 9.17) is 25.8 Å². The van der Waals surface area contributed by atoms with Crippen LogP contribution in [0.25, 0.3) is 0 Å². The summed E-state index contributed by atoms with van der Waals surface area (Å²) in [7, 11) is 2.89. The first kappa shape index (κ1) is 23.4. The molecule has 8 nitrogen and oxygen atoms in total. The van der Waals surface area contributed by atoms with Crippen molar-refractivity contribution in [2.45, 2.75) is 11.7 Å². The van der Waals surface area contributed by atoms with Gasteiger partial charge in [-0.2, -0.15) is 0 Å². The normalized spacial score (nSPS) is 23.5. The maximum atomic E-state index is 14.1. The van der Waals surface area contributed by atoms with Crippen LogP contribution >= 0.6 is 11.6 Å². The second kappa shape index (κ2) is 8.26. The van der Waals surface area contributed by atoms with Crippen LogP contribution in [0, 0.1) is 11.8 Å². The number of methoxy groups -OCH3 is 2. The third kappa shape index (κ3) is 3.00. The number of anilines is 1. The van der Waals surface area contributed by atoms with E-state index in [2.05, 4.69) is 0 Å². The van der Waals surface area contributed by atoms with Gasteiger partial charge in [0.2, 0.25) is 29.0 Å². The number of imide groups is 1. The number of ether oxygens (including phenoxy) is 3. The average Bonchev–Trinajstić information content (AvgIpc) is 3.48. The van der Waals surface area contributed by atoms with Gasteiger partial charge in [0.05, 0.1) is 37.8 Å². The second-order valence-corrected chi connectivity index (χ2v) is 9.46. The van der Waals surface area contributed by atoms with Gasteiger partial charge >= 0.3 is 0 Å². The van der Waals surface area contributed by atoms with E-state index in [-0.39, 0.29) is 22.6 Å². The smallest absolute Gasteiger partial charge is 0.241 e. The Labute approximate surface area is 216 Å². The quantitative estimate of drug-likeness (QED) is 0.380. The lowest BCUT2D eigenvalue weighted by molar-refractivity contribution is -0.127. The lowest BCUT2D eigenvalue weighted by Crippen LogP contribution is -2.51. The van der Waals surface area contributed by atoms with Crippen LogP contribution in [0.4, 0.5) is 5.69 Å². The number of carbonyl (C=O) groups is 4. The number of Topliss-reactive ketones (excluding diaryl/α,β-unsaturated/α-hetero) is 2. The highest BCUT2D eigenvalue weighted by molar-refractivity contribution is 6.37. The predicted octanol–water partition coefficient (Wildman–Crippen LogP) is 4.05. The Kier molecular flexibility index (Phi) is 5.22. The van der Waals surface area contributed by atoms with Gasteiger partial charge in [-0.1, -0.05) is 54.1 Å². The van der Waals surface area contributed by atoms with E-state index in [1.54, 1.807) is 48.5 Å². The molecule has 37 heavy (non-hydrogen) atoms. The molecule has 2 heterocycles. The number of amides is 2. The zero-order valence-electron chi connectivity index (χ0n) is 19.8. The largest absolute Gasteiger partial charge is 0.497 e. The zero-order valence-corrected chi connectivity index (χ0v) is 20.5. The molecule has 2 fully saturated rings. The molecule has 0 unspecified atom stereocenters. The molecule has 3 aromatic carbocycles. The highest BCUT2D eigenvalue weighted by Gasteiger charge is 2.75. The van der Waals surface area contributed by atoms with Crippen molar-refractivity contribution in [2.75, 3.05) is 19.1 Å². The molecule has 2 amide bonds. The molecule has 0 aromatic heterocycles. The maximum absolute atomic E-state index is 14.1. The van der Waals surface area contributed by atoms with E-state index in [9.17, 15) is 19.2 Å². The number of carbonyl (C=O) groups excluding carboxylic acids is 4. The van der Waals surface area contributed by atoms with Crippen LogP contribution in [0.2, 0.25) is 5.02 Å². The highest BCUT2D eigenvalue weighted by atomic mass is 35.5. The number of rotatable bonds is 4. The Morgan fingerprint density at radius 3 is 2.11 bits per heavy atom. The van der Waals surface area contributed by atoms with Crippen molar-refractivity contribution in [1.82, 2.24) is 0 Å². The predicted molar refractivity (Wildman–Crippen MR) is 132 cm³/mol. The number of hydrogen-bond acceptors (Lipinski definition) is 7. The van der Waals surface area contributed by atoms with Gasteiger partial charge in [0.1, 0.15) is 11.5 Å². The summed E-state index contributed by atoms with van der Waals surface area (Å²) in [5, 5.41) is 0.291. The van der Waals surface area contributed by atoms with E-state index < -0.39 is 46.9 Å². The summed E-state index contributed by atoms with van der Waals surface area (Å²) < 4.78 is 17.0. The van der Waals surface area contributed by atoms with Gasteiger partial charge < -0.3 is 14.2 Å². The van der Waals surface area contributed by atoms with Crippen LogP contribution in [0.1, 0.15) is 32.4 Å². The molecular weight excluding hydrogens is 498 g/mol. The Morgan fingerprint density at radius 2 is 1.49 bits per heavy atom. The summed E-state index contributed by atoms with van der Waals surface area (Å²) in [5.41, 5.74) is -1.27. The minimum Gasteiger partial charge on any atom is -0.497 e. The molecule has 3 atom stereocenters. The van der Waals surface area contributed by atoms with Crippen molar-refractivity contribution < 1.29 is 33.4 Å². The van der Waals surface area contributed by atoms with Crippen LogP contribution in [-0.4, -0.2) is 43.2 Å². The second-order valence-electron chi connectivity index (χ2n) is 9.05. The van der Waals surface area contributed by atoms with E-state index in [0.717, 1.165) is 4.90 Å². The fourth-order valence-corrected chi connectivity index (χ4v) is 5.96. The Bertz CT molecular complexity index is 1480. The van der Waals surface area contributed by atoms with Crippen LogP contribution in [0.3, 0.4) is 0 Å². The van der Waals surface area contributed by atoms with Crippen molar-refractivity contribution in [3.05, 3.63) is 88.4 Å². The van der Waals surface area contributed by atoms with E-state index in [0.29, 0.717) is 16.3 Å². The molecule has 2 aliphatic heterocycles. The van der Waals surface area contributed by atoms with Crippen molar-refractivity contribution >= 4 is 40.7 Å². The standard InChI is InChI=1S/C28H20ClNO7/c1-35-14-11-12-19(20(13-14)36-2)30-26(33)21-22(27(30)34)28(37-23(21)17-9-5-6-10-18(17)29)24(31)15-7-3-4-8-16(15)25(28)32/h3-13,21-23H,1-2H3/t21-,22+,23+/m0/s1. The summed E-state index contributed by atoms with van der Waals surface area (Å²) in [6, 6.07) is 17.7. The molecule has 3 aromatic rings. The third-order valence-electron chi connectivity index (χ3n) is 7.36. The molecule has 3 aliphatic rings. The first-order valence-electron chi connectivity index (χ1n) is 11.6. The summed E-state index contributed by atoms with van der Waals surface area (Å²) in [5.74, 6) is -4.48. The van der Waals surface area contributed by atoms with Gasteiger partial charge in [-0.15, -0.1) is 0 Å². The first-order valence-corrected chi connectivity index (χ1v) is 11.9. The van der Waals surface area contributed by atoms with Crippen LogP contribution in [-0.2, 0) is 14.3 Å². The van der Waals surface area contributed by atoms with Crippen molar-refractivity contribution in [3.8, 4) is 11.5 Å². The molecule has 0 bridgehead atoms. The van der Waals surface area contributed by atoms with E-state index in [1.165, 1.54) is 32.4 Å². The topological polar surface area (TPSA) is 99.2 Å². The van der Waals surface area contributed by atoms with Gasteiger partial charge in [0.25, 0.3) is 0 Å². The number of hydrogen-bond donors (Lipinski definition) is 0. The number of nitrogens with zero attached hydrogens (tertiary/aromatic N) is 1. The van der Waals surface area contributed by atoms with E-state index in [1.807, 2.05) is 0 Å². The Balaban J connectivity index is 1.56. The molecule has 0 N–H and O–H groups in total. The average molecular weight is 518 g/mol. The Hall–Kier alpha value is -4.01. The fourth-order valence-electron chi connectivity index (χ4n) is 5.71. The van der Waals surface area contributed by atoms with Gasteiger partial charge in [0, 0.05) is 27.8 Å². The molecule has 2 saturated heterocycles. The molecule has 186 valence electrons. The maximum Gasteiger partial charge on any atom is 0.241 e. The zero-order chi connectivity index (χ0) is 26.1. The van der Waals surface area contributed by atoms with E-state index >= 15 is 0 Å². The molecule has 0 radical (unpaired) electrons.